The van der Waals surface area contributed by atoms with Crippen molar-refractivity contribution in [2.75, 3.05) is 0 Å². The summed E-state index contributed by atoms with van der Waals surface area (Å²) < 4.78 is 0. The number of aliphatic hydroxyl groups excluding tert-OH is 1. The van der Waals surface area contributed by atoms with Crippen LogP contribution in [0.5, 0.6) is 0 Å². The van der Waals surface area contributed by atoms with Crippen LogP contribution in [0.2, 0.25) is 0 Å². The fraction of sp³-hybridized carbons (Fsp3) is 0.458. The predicted octanol–water partition coefficient (Wildman–Crippen LogP) is -0.912. The van der Waals surface area contributed by atoms with Crippen molar-refractivity contribution in [3.8, 4) is 0 Å². The summed E-state index contributed by atoms with van der Waals surface area (Å²) in [6, 6.07) is 1.52. The molecule has 0 aliphatic carbocycles. The lowest BCUT2D eigenvalue weighted by molar-refractivity contribution is -0.143. The number of carbonyl (C=O) groups excluding carboxylic acids is 3. The fourth-order valence-corrected chi connectivity index (χ4v) is 3.60. The van der Waals surface area contributed by atoms with Crippen molar-refractivity contribution in [2.45, 2.75) is 63.9 Å². The van der Waals surface area contributed by atoms with Gasteiger partial charge in [-0.1, -0.05) is 32.0 Å². The van der Waals surface area contributed by atoms with E-state index in [4.69, 9.17) is 5.73 Å². The number of H-pyrrole nitrogens is 1. The summed E-state index contributed by atoms with van der Waals surface area (Å²) in [6.45, 7) is 4.59. The molecule has 202 valence electrons. The van der Waals surface area contributed by atoms with Gasteiger partial charge in [0.05, 0.1) is 18.6 Å². The molecule has 1 aromatic carbocycles. The highest BCUT2D eigenvalue weighted by Crippen LogP contribution is 2.19. The van der Waals surface area contributed by atoms with Gasteiger partial charge in [0.1, 0.15) is 18.1 Å². The number of amides is 3. The number of fused-ring (bicyclic) bond motifs is 1. The minimum absolute atomic E-state index is 0.113. The molecule has 5 unspecified atom stereocenters. The highest BCUT2D eigenvalue weighted by Gasteiger charge is 2.34. The van der Waals surface area contributed by atoms with Crippen LogP contribution >= 0.6 is 0 Å². The molecule has 0 aliphatic heterocycles. The molecule has 0 bridgehead atoms. The van der Waals surface area contributed by atoms with Gasteiger partial charge in [-0.15, -0.1) is 0 Å². The molecule has 3 amide bonds. The first-order valence-electron chi connectivity index (χ1n) is 11.7. The quantitative estimate of drug-likeness (QED) is 0.164. The maximum absolute atomic E-state index is 12.9. The van der Waals surface area contributed by atoms with Gasteiger partial charge < -0.3 is 42.0 Å². The lowest BCUT2D eigenvalue weighted by atomic mass is 10.0. The zero-order valence-corrected chi connectivity index (χ0v) is 20.7. The summed E-state index contributed by atoms with van der Waals surface area (Å²) in [4.78, 5) is 64.3. The summed E-state index contributed by atoms with van der Waals surface area (Å²) in [6.07, 6.45) is -0.784. The van der Waals surface area contributed by atoms with Crippen molar-refractivity contribution in [1.29, 1.82) is 0 Å². The van der Waals surface area contributed by atoms with E-state index in [0.717, 1.165) is 10.9 Å². The Hall–Kier alpha value is -3.97. The van der Waals surface area contributed by atoms with Crippen LogP contribution in [0.1, 0.15) is 32.8 Å². The number of aromatic amines is 1. The number of carbonyl (C=O) groups is 5. The Morgan fingerprint density at radius 1 is 0.919 bits per heavy atom. The van der Waals surface area contributed by atoms with Gasteiger partial charge >= 0.3 is 11.9 Å². The van der Waals surface area contributed by atoms with Crippen molar-refractivity contribution in [3.63, 3.8) is 0 Å². The number of nitrogens with one attached hydrogen (secondary N) is 4. The molecular weight excluding hydrogens is 486 g/mol. The summed E-state index contributed by atoms with van der Waals surface area (Å²) in [5, 5.41) is 36.5. The molecule has 0 fully saturated rings. The molecule has 13 heteroatoms. The zero-order valence-electron chi connectivity index (χ0n) is 20.7. The van der Waals surface area contributed by atoms with Crippen LogP contribution in [0.4, 0.5) is 0 Å². The molecule has 37 heavy (non-hydrogen) atoms. The number of hydrogen-bond donors (Lipinski definition) is 8. The Morgan fingerprint density at radius 3 is 2.11 bits per heavy atom. The number of aliphatic carboxylic acids is 2. The number of rotatable bonds is 13. The zero-order chi connectivity index (χ0) is 27.9. The molecule has 1 heterocycles. The second kappa shape index (κ2) is 12.8. The van der Waals surface area contributed by atoms with Crippen LogP contribution in [0.25, 0.3) is 10.9 Å². The molecule has 5 atom stereocenters. The first kappa shape index (κ1) is 29.3. The average Bonchev–Trinajstić information content (AvgIpc) is 3.22. The summed E-state index contributed by atoms with van der Waals surface area (Å²) >= 11 is 0. The predicted molar refractivity (Wildman–Crippen MR) is 132 cm³/mol. The SMILES string of the molecule is CC(C)C(N)C(=O)NC(C(=O)NC(CC(=O)O)C(=O)NC(Cc1c[nH]c2ccccc12)C(=O)O)C(C)O. The van der Waals surface area contributed by atoms with E-state index in [1.54, 1.807) is 44.3 Å². The molecule has 2 rings (SSSR count). The van der Waals surface area contributed by atoms with E-state index >= 15 is 0 Å². The standard InChI is InChI=1S/C24H33N5O8/c1-11(2)19(25)22(34)29-20(12(3)30)23(35)27-16(9-18(31)32)21(33)28-17(24(36)37)8-13-10-26-15-7-5-4-6-14(13)15/h4-7,10-12,16-17,19-20,26,30H,8-9,25H2,1-3H3,(H,27,35)(H,28,33)(H,29,34)(H,31,32)(H,36,37). The van der Waals surface area contributed by atoms with Crippen molar-refractivity contribution in [2.24, 2.45) is 11.7 Å². The Bertz CT molecular complexity index is 1150. The Labute approximate surface area is 212 Å². The number of para-hydroxylation sites is 1. The van der Waals surface area contributed by atoms with Gasteiger partial charge in [0.2, 0.25) is 17.7 Å². The van der Waals surface area contributed by atoms with Gasteiger partial charge in [0.25, 0.3) is 0 Å². The van der Waals surface area contributed by atoms with Crippen molar-refractivity contribution in [1.82, 2.24) is 20.9 Å². The molecule has 0 aliphatic rings. The Kier molecular flexibility index (Phi) is 10.1. The van der Waals surface area contributed by atoms with Crippen LogP contribution in [0.3, 0.4) is 0 Å². The molecule has 0 saturated heterocycles. The normalized spacial score (nSPS) is 15.3. The van der Waals surface area contributed by atoms with Gasteiger partial charge in [-0.25, -0.2) is 4.79 Å². The summed E-state index contributed by atoms with van der Waals surface area (Å²) in [5.74, 6) is -5.89. The summed E-state index contributed by atoms with van der Waals surface area (Å²) in [7, 11) is 0. The minimum atomic E-state index is -1.69. The minimum Gasteiger partial charge on any atom is -0.481 e. The molecule has 2 aromatic rings. The van der Waals surface area contributed by atoms with E-state index in [1.165, 1.54) is 6.92 Å². The number of hydrogen-bond acceptors (Lipinski definition) is 7. The first-order valence-corrected chi connectivity index (χ1v) is 11.7. The average molecular weight is 520 g/mol. The van der Waals surface area contributed by atoms with E-state index in [0.29, 0.717) is 5.56 Å². The van der Waals surface area contributed by atoms with Crippen LogP contribution in [-0.4, -0.2) is 80.2 Å². The third-order valence-corrected chi connectivity index (χ3v) is 5.81. The van der Waals surface area contributed by atoms with Gasteiger partial charge in [-0.05, 0) is 24.5 Å². The Balaban J connectivity index is 2.18. The van der Waals surface area contributed by atoms with E-state index < -0.39 is 66.4 Å². The fourth-order valence-electron chi connectivity index (χ4n) is 3.60. The van der Waals surface area contributed by atoms with Gasteiger partial charge in [0, 0.05) is 23.5 Å². The molecule has 13 nitrogen and oxygen atoms in total. The number of carboxylic acid groups (broad SMARTS) is 2. The second-order valence-corrected chi connectivity index (χ2v) is 9.12. The molecular formula is C24H33N5O8. The lowest BCUT2D eigenvalue weighted by Crippen LogP contribution is -2.60. The smallest absolute Gasteiger partial charge is 0.326 e. The third kappa shape index (κ3) is 8.02. The number of carboxylic acids is 2. The van der Waals surface area contributed by atoms with Crippen molar-refractivity contribution < 1.29 is 39.3 Å². The lowest BCUT2D eigenvalue weighted by Gasteiger charge is -2.26. The molecule has 0 radical (unpaired) electrons. The number of benzene rings is 1. The maximum Gasteiger partial charge on any atom is 0.326 e. The van der Waals surface area contributed by atoms with Crippen LogP contribution < -0.4 is 21.7 Å². The van der Waals surface area contributed by atoms with E-state index in [1.807, 2.05) is 0 Å². The molecule has 1 aromatic heterocycles. The number of aromatic nitrogens is 1. The van der Waals surface area contributed by atoms with Crippen LogP contribution in [-0.2, 0) is 30.4 Å². The van der Waals surface area contributed by atoms with Crippen LogP contribution in [0.15, 0.2) is 30.5 Å². The van der Waals surface area contributed by atoms with Gasteiger partial charge in [-0.2, -0.15) is 0 Å². The number of aliphatic hydroxyl groups is 1. The van der Waals surface area contributed by atoms with Gasteiger partial charge in [0.15, 0.2) is 0 Å². The topological polar surface area (TPSA) is 224 Å². The van der Waals surface area contributed by atoms with E-state index in [-0.39, 0.29) is 12.3 Å². The largest absolute Gasteiger partial charge is 0.481 e. The van der Waals surface area contributed by atoms with Crippen molar-refractivity contribution >= 4 is 40.6 Å². The third-order valence-electron chi connectivity index (χ3n) is 5.81. The monoisotopic (exact) mass is 519 g/mol. The van der Waals surface area contributed by atoms with E-state index in [9.17, 15) is 39.3 Å². The number of nitrogens with two attached hydrogens (primary N) is 1. The molecule has 0 spiro atoms. The Morgan fingerprint density at radius 2 is 1.54 bits per heavy atom. The first-order chi connectivity index (χ1) is 17.3. The highest BCUT2D eigenvalue weighted by molar-refractivity contribution is 5.96. The van der Waals surface area contributed by atoms with Crippen molar-refractivity contribution in [3.05, 3.63) is 36.0 Å². The second-order valence-electron chi connectivity index (χ2n) is 9.12. The van der Waals surface area contributed by atoms with E-state index in [2.05, 4.69) is 20.9 Å². The van der Waals surface area contributed by atoms with Gasteiger partial charge in [-0.3, -0.25) is 19.2 Å². The maximum atomic E-state index is 12.9. The summed E-state index contributed by atoms with van der Waals surface area (Å²) in [5.41, 5.74) is 7.15. The highest BCUT2D eigenvalue weighted by atomic mass is 16.4. The molecule has 0 saturated carbocycles. The molecule has 9 N–H and O–H groups in total. The van der Waals surface area contributed by atoms with Crippen LogP contribution in [0, 0.1) is 5.92 Å².